The Balaban J connectivity index is 1.66. The third-order valence-electron chi connectivity index (χ3n) is 3.74. The first-order valence-corrected chi connectivity index (χ1v) is 6.54. The van der Waals surface area contributed by atoms with E-state index in [1.165, 1.54) is 32.4 Å². The number of fused-ring (bicyclic) bond motifs is 1. The Morgan fingerprint density at radius 2 is 2.31 bits per heavy atom. The first-order valence-electron chi connectivity index (χ1n) is 6.54. The second kappa shape index (κ2) is 5.96. The number of aliphatic hydroxyl groups excluding tert-OH is 1. The molecule has 94 valence electrons. The Kier molecular flexibility index (Phi) is 4.58. The summed E-state index contributed by atoms with van der Waals surface area (Å²) in [7, 11) is 0. The van der Waals surface area contributed by atoms with Crippen molar-refractivity contribution >= 4 is 0 Å². The van der Waals surface area contributed by atoms with Gasteiger partial charge >= 0.3 is 0 Å². The van der Waals surface area contributed by atoms with Crippen LogP contribution in [0.25, 0.3) is 0 Å². The maximum absolute atomic E-state index is 9.68. The van der Waals surface area contributed by atoms with Crippen molar-refractivity contribution < 1.29 is 9.84 Å². The summed E-state index contributed by atoms with van der Waals surface area (Å²) in [5.41, 5.74) is 0. The Labute approximate surface area is 98.0 Å². The fraction of sp³-hybridized carbons (Fsp3) is 1.00. The van der Waals surface area contributed by atoms with Gasteiger partial charge in [0.1, 0.15) is 0 Å². The number of aliphatic hydroxyl groups is 1. The SMILES string of the molecule is CCOCC(O)CNC1CCN2CCCC12. The van der Waals surface area contributed by atoms with Crippen molar-refractivity contribution in [1.82, 2.24) is 10.2 Å². The quantitative estimate of drug-likeness (QED) is 0.682. The molecular formula is C12H24N2O2. The molecule has 2 saturated heterocycles. The van der Waals surface area contributed by atoms with Crippen LogP contribution in [0.2, 0.25) is 0 Å². The minimum Gasteiger partial charge on any atom is -0.389 e. The fourth-order valence-corrected chi connectivity index (χ4v) is 2.92. The maximum Gasteiger partial charge on any atom is 0.0897 e. The van der Waals surface area contributed by atoms with Gasteiger partial charge in [0.15, 0.2) is 0 Å². The summed E-state index contributed by atoms with van der Waals surface area (Å²) in [6.07, 6.45) is 3.52. The van der Waals surface area contributed by atoms with Gasteiger partial charge in [0, 0.05) is 31.8 Å². The average molecular weight is 228 g/mol. The van der Waals surface area contributed by atoms with Gasteiger partial charge in [-0.1, -0.05) is 0 Å². The molecule has 16 heavy (non-hydrogen) atoms. The Morgan fingerprint density at radius 1 is 1.44 bits per heavy atom. The first-order chi connectivity index (χ1) is 7.81. The van der Waals surface area contributed by atoms with Crippen molar-refractivity contribution in [3.63, 3.8) is 0 Å². The van der Waals surface area contributed by atoms with Gasteiger partial charge in [0.2, 0.25) is 0 Å². The number of nitrogens with one attached hydrogen (secondary N) is 1. The number of rotatable bonds is 6. The summed E-state index contributed by atoms with van der Waals surface area (Å²) in [5, 5.41) is 13.2. The van der Waals surface area contributed by atoms with Crippen molar-refractivity contribution in [3.05, 3.63) is 0 Å². The summed E-state index contributed by atoms with van der Waals surface area (Å²) < 4.78 is 5.20. The predicted molar refractivity (Wildman–Crippen MR) is 63.5 cm³/mol. The van der Waals surface area contributed by atoms with Crippen LogP contribution in [-0.4, -0.2) is 61.0 Å². The van der Waals surface area contributed by atoms with Crippen LogP contribution >= 0.6 is 0 Å². The van der Waals surface area contributed by atoms with E-state index in [1.807, 2.05) is 6.92 Å². The number of hydrogen-bond acceptors (Lipinski definition) is 4. The zero-order valence-corrected chi connectivity index (χ0v) is 10.2. The summed E-state index contributed by atoms with van der Waals surface area (Å²) >= 11 is 0. The van der Waals surface area contributed by atoms with E-state index in [9.17, 15) is 5.11 Å². The molecule has 0 saturated carbocycles. The highest BCUT2D eigenvalue weighted by molar-refractivity contribution is 4.95. The Hall–Kier alpha value is -0.160. The van der Waals surface area contributed by atoms with E-state index < -0.39 is 0 Å². The summed E-state index contributed by atoms with van der Waals surface area (Å²) in [6, 6.07) is 1.30. The minimum absolute atomic E-state index is 0.365. The highest BCUT2D eigenvalue weighted by Gasteiger charge is 2.36. The standard InChI is InChI=1S/C12H24N2O2/c1-2-16-9-10(15)8-13-11-5-7-14-6-3-4-12(11)14/h10-13,15H,2-9H2,1H3. The van der Waals surface area contributed by atoms with E-state index in [2.05, 4.69) is 10.2 Å². The van der Waals surface area contributed by atoms with Gasteiger partial charge in [-0.05, 0) is 32.7 Å². The van der Waals surface area contributed by atoms with E-state index in [4.69, 9.17) is 4.74 Å². The van der Waals surface area contributed by atoms with Crippen LogP contribution in [0.5, 0.6) is 0 Å². The van der Waals surface area contributed by atoms with Gasteiger partial charge in [-0.2, -0.15) is 0 Å². The average Bonchev–Trinajstić information content (AvgIpc) is 2.86. The van der Waals surface area contributed by atoms with Crippen LogP contribution in [0.15, 0.2) is 0 Å². The van der Waals surface area contributed by atoms with Gasteiger partial charge in [-0.3, -0.25) is 4.90 Å². The lowest BCUT2D eigenvalue weighted by atomic mass is 10.1. The molecule has 4 nitrogen and oxygen atoms in total. The highest BCUT2D eigenvalue weighted by Crippen LogP contribution is 2.27. The predicted octanol–water partition coefficient (Wildman–Crippen LogP) is 0.210. The lowest BCUT2D eigenvalue weighted by molar-refractivity contribution is 0.0409. The third kappa shape index (κ3) is 2.94. The third-order valence-corrected chi connectivity index (χ3v) is 3.74. The summed E-state index contributed by atoms with van der Waals surface area (Å²) in [6.45, 7) is 6.23. The molecule has 0 aromatic heterocycles. The monoisotopic (exact) mass is 228 g/mol. The topological polar surface area (TPSA) is 44.7 Å². The zero-order valence-electron chi connectivity index (χ0n) is 10.2. The molecule has 2 heterocycles. The molecule has 4 heteroatoms. The molecule has 2 fully saturated rings. The van der Waals surface area contributed by atoms with Gasteiger partial charge < -0.3 is 15.2 Å². The summed E-state index contributed by atoms with van der Waals surface area (Å²) in [5.74, 6) is 0. The van der Waals surface area contributed by atoms with Crippen molar-refractivity contribution in [2.45, 2.75) is 44.4 Å². The molecule has 2 aliphatic heterocycles. The largest absolute Gasteiger partial charge is 0.389 e. The molecule has 3 atom stereocenters. The zero-order chi connectivity index (χ0) is 11.4. The van der Waals surface area contributed by atoms with Crippen molar-refractivity contribution in [2.24, 2.45) is 0 Å². The molecule has 0 aromatic carbocycles. The van der Waals surface area contributed by atoms with Crippen LogP contribution in [0.4, 0.5) is 0 Å². The maximum atomic E-state index is 9.68. The smallest absolute Gasteiger partial charge is 0.0897 e. The van der Waals surface area contributed by atoms with Gasteiger partial charge in [-0.15, -0.1) is 0 Å². The van der Waals surface area contributed by atoms with E-state index in [-0.39, 0.29) is 6.10 Å². The molecular weight excluding hydrogens is 204 g/mol. The highest BCUT2D eigenvalue weighted by atomic mass is 16.5. The van der Waals surface area contributed by atoms with E-state index >= 15 is 0 Å². The Bertz CT molecular complexity index is 213. The lowest BCUT2D eigenvalue weighted by Gasteiger charge is -2.22. The van der Waals surface area contributed by atoms with Gasteiger partial charge in [-0.25, -0.2) is 0 Å². The second-order valence-corrected chi connectivity index (χ2v) is 4.86. The lowest BCUT2D eigenvalue weighted by Crippen LogP contribution is -2.43. The second-order valence-electron chi connectivity index (χ2n) is 4.86. The molecule has 0 amide bonds. The van der Waals surface area contributed by atoms with Crippen molar-refractivity contribution in [1.29, 1.82) is 0 Å². The number of ether oxygens (including phenoxy) is 1. The van der Waals surface area contributed by atoms with E-state index in [1.54, 1.807) is 0 Å². The number of hydrogen-bond donors (Lipinski definition) is 2. The van der Waals surface area contributed by atoms with Crippen molar-refractivity contribution in [3.8, 4) is 0 Å². The number of nitrogens with zero attached hydrogens (tertiary/aromatic N) is 1. The van der Waals surface area contributed by atoms with Crippen molar-refractivity contribution in [2.75, 3.05) is 32.8 Å². The van der Waals surface area contributed by atoms with Crippen LogP contribution in [0.1, 0.15) is 26.2 Å². The molecule has 2 N–H and O–H groups in total. The van der Waals surface area contributed by atoms with Crippen LogP contribution in [0, 0.1) is 0 Å². The normalized spacial score (nSPS) is 31.9. The molecule has 0 spiro atoms. The summed E-state index contributed by atoms with van der Waals surface area (Å²) in [4.78, 5) is 2.58. The van der Waals surface area contributed by atoms with Gasteiger partial charge in [0.05, 0.1) is 12.7 Å². The fourth-order valence-electron chi connectivity index (χ4n) is 2.92. The Morgan fingerprint density at radius 3 is 3.12 bits per heavy atom. The molecule has 2 aliphatic rings. The minimum atomic E-state index is -0.365. The molecule has 0 bridgehead atoms. The van der Waals surface area contributed by atoms with Gasteiger partial charge in [0.25, 0.3) is 0 Å². The van der Waals surface area contributed by atoms with E-state index in [0.717, 1.165) is 6.04 Å². The molecule has 2 rings (SSSR count). The molecule has 0 aliphatic carbocycles. The molecule has 0 radical (unpaired) electrons. The van der Waals surface area contributed by atoms with Crippen LogP contribution < -0.4 is 5.32 Å². The van der Waals surface area contributed by atoms with E-state index in [0.29, 0.717) is 25.8 Å². The molecule has 0 aromatic rings. The van der Waals surface area contributed by atoms with Crippen LogP contribution in [0.3, 0.4) is 0 Å². The first kappa shape index (κ1) is 12.3. The van der Waals surface area contributed by atoms with Crippen LogP contribution in [-0.2, 0) is 4.74 Å². The molecule has 3 unspecified atom stereocenters.